The molecule has 266 valence electrons. The van der Waals surface area contributed by atoms with Crippen LogP contribution in [0, 0.1) is 0 Å². The minimum atomic E-state index is 0.00573. The van der Waals surface area contributed by atoms with Crippen LogP contribution >= 0.6 is 0 Å². The summed E-state index contributed by atoms with van der Waals surface area (Å²) in [6, 6.07) is 44.6. The van der Waals surface area contributed by atoms with Crippen LogP contribution in [0.5, 0.6) is 0 Å². The normalized spacial score (nSPS) is 14.9. The van der Waals surface area contributed by atoms with Crippen LogP contribution in [0.2, 0.25) is 0 Å². The van der Waals surface area contributed by atoms with Gasteiger partial charge in [-0.2, -0.15) is 0 Å². The maximum atomic E-state index is 7.02. The first-order chi connectivity index (χ1) is 26.0. The van der Waals surface area contributed by atoms with E-state index in [9.17, 15) is 0 Å². The van der Waals surface area contributed by atoms with Crippen LogP contribution in [0.4, 0.5) is 0 Å². The average Bonchev–Trinajstić information content (AvgIpc) is 3.78. The highest BCUT2D eigenvalue weighted by atomic mass is 16.3. The summed E-state index contributed by atoms with van der Waals surface area (Å²) in [4.78, 5) is 5.42. The first-order valence-electron chi connectivity index (χ1n) is 19.5. The molecule has 0 fully saturated rings. The Morgan fingerprint density at radius 3 is 1.98 bits per heavy atom. The summed E-state index contributed by atoms with van der Waals surface area (Å²) in [5.41, 5.74) is 14.1. The Hall–Kier alpha value is -5.67. The van der Waals surface area contributed by atoms with Gasteiger partial charge < -0.3 is 4.42 Å². The van der Waals surface area contributed by atoms with E-state index < -0.39 is 0 Å². The molecule has 0 atom stereocenters. The van der Waals surface area contributed by atoms with E-state index in [0.717, 1.165) is 44.4 Å². The van der Waals surface area contributed by atoms with Crippen molar-refractivity contribution in [3.05, 3.63) is 144 Å². The van der Waals surface area contributed by atoms with Gasteiger partial charge in [0, 0.05) is 10.8 Å². The SMILES string of the molecule is CC(C)c1cc(-c2ccccc2)cc(C(C)C)c1-n1c(-c2cccc3c2oc2cc4c(cc5c6c(cccc64)C(C)(C)C5(C)C)cc23)nc2ccccc21. The van der Waals surface area contributed by atoms with Crippen molar-refractivity contribution in [3.8, 4) is 28.2 Å². The number of nitrogens with zero attached hydrogens (tertiary/aromatic N) is 2. The Bertz CT molecular complexity index is 2960. The second-order valence-electron chi connectivity index (χ2n) is 17.2. The van der Waals surface area contributed by atoms with Crippen molar-refractivity contribution in [2.45, 2.75) is 78.1 Å². The van der Waals surface area contributed by atoms with E-state index >= 15 is 0 Å². The molecule has 10 rings (SSSR count). The van der Waals surface area contributed by atoms with Crippen LogP contribution in [0.3, 0.4) is 0 Å². The van der Waals surface area contributed by atoms with Crippen molar-refractivity contribution in [1.29, 1.82) is 0 Å². The largest absolute Gasteiger partial charge is 0.455 e. The number of fused-ring (bicyclic) bond motifs is 6. The predicted molar refractivity (Wildman–Crippen MR) is 228 cm³/mol. The first-order valence-corrected chi connectivity index (χ1v) is 19.5. The Morgan fingerprint density at radius 1 is 0.574 bits per heavy atom. The molecule has 1 aliphatic rings. The predicted octanol–water partition coefficient (Wildman–Crippen LogP) is 14.4. The lowest BCUT2D eigenvalue weighted by atomic mass is 9.66. The van der Waals surface area contributed by atoms with E-state index in [2.05, 4.69) is 181 Å². The van der Waals surface area contributed by atoms with Crippen LogP contribution in [0.15, 0.2) is 126 Å². The van der Waals surface area contributed by atoms with Crippen molar-refractivity contribution in [2.75, 3.05) is 0 Å². The van der Waals surface area contributed by atoms with Gasteiger partial charge in [-0.1, -0.05) is 128 Å². The van der Waals surface area contributed by atoms with Crippen molar-refractivity contribution < 1.29 is 4.42 Å². The third-order valence-electron chi connectivity index (χ3n) is 13.0. The molecular formula is C51H46N2O. The third kappa shape index (κ3) is 4.45. The molecule has 0 radical (unpaired) electrons. The average molecular weight is 703 g/mol. The molecule has 0 spiro atoms. The zero-order valence-electron chi connectivity index (χ0n) is 32.5. The fourth-order valence-electron chi connectivity index (χ4n) is 9.42. The Morgan fingerprint density at radius 2 is 1.24 bits per heavy atom. The molecule has 0 unspecified atom stereocenters. The van der Waals surface area contributed by atoms with Gasteiger partial charge in [0.1, 0.15) is 17.0 Å². The number of aromatic nitrogens is 2. The van der Waals surface area contributed by atoms with E-state index in [1.165, 1.54) is 60.6 Å². The van der Waals surface area contributed by atoms with Gasteiger partial charge in [0.25, 0.3) is 0 Å². The monoisotopic (exact) mass is 702 g/mol. The lowest BCUT2D eigenvalue weighted by molar-refractivity contribution is 0.322. The van der Waals surface area contributed by atoms with Gasteiger partial charge in [0.15, 0.2) is 0 Å². The summed E-state index contributed by atoms with van der Waals surface area (Å²) >= 11 is 0. The van der Waals surface area contributed by atoms with E-state index in [-0.39, 0.29) is 22.7 Å². The number of hydrogen-bond donors (Lipinski definition) is 0. The van der Waals surface area contributed by atoms with Crippen molar-refractivity contribution in [3.63, 3.8) is 0 Å². The summed E-state index contributed by atoms with van der Waals surface area (Å²) in [5.74, 6) is 1.47. The highest BCUT2D eigenvalue weighted by molar-refractivity contribution is 6.19. The zero-order valence-corrected chi connectivity index (χ0v) is 32.5. The van der Waals surface area contributed by atoms with Gasteiger partial charge in [-0.3, -0.25) is 4.57 Å². The molecule has 0 bridgehead atoms. The zero-order chi connectivity index (χ0) is 37.3. The molecule has 0 amide bonds. The van der Waals surface area contributed by atoms with E-state index in [4.69, 9.17) is 9.40 Å². The number of hydrogen-bond acceptors (Lipinski definition) is 2. The van der Waals surface area contributed by atoms with E-state index in [1.54, 1.807) is 0 Å². The lowest BCUT2D eigenvalue weighted by Gasteiger charge is -2.37. The van der Waals surface area contributed by atoms with E-state index in [0.29, 0.717) is 0 Å². The fourth-order valence-corrected chi connectivity index (χ4v) is 9.42. The molecule has 54 heavy (non-hydrogen) atoms. The molecule has 0 saturated heterocycles. The quantitative estimate of drug-likeness (QED) is 0.167. The van der Waals surface area contributed by atoms with Gasteiger partial charge in [-0.15, -0.1) is 0 Å². The Labute approximate surface area is 317 Å². The van der Waals surface area contributed by atoms with Crippen LogP contribution in [-0.4, -0.2) is 9.55 Å². The molecule has 7 aromatic carbocycles. The molecule has 0 N–H and O–H groups in total. The summed E-state index contributed by atoms with van der Waals surface area (Å²) in [7, 11) is 0. The smallest absolute Gasteiger partial charge is 0.149 e. The minimum Gasteiger partial charge on any atom is -0.455 e. The topological polar surface area (TPSA) is 31.0 Å². The van der Waals surface area contributed by atoms with Crippen LogP contribution in [0.25, 0.3) is 82.7 Å². The molecular weight excluding hydrogens is 657 g/mol. The number of imidazole rings is 1. The molecule has 3 heteroatoms. The standard InChI is InChI=1S/C51H46N2O/c1-29(2)37-24-32(31-16-10-9-11-17-31)25-38(30(3)4)47(37)53-44-23-13-12-22-43(44)52-49(53)36-20-14-19-35-40-26-33-27-42-46-34(39(33)28-45(40)54-48(35)36)18-15-21-41(46)50(5,6)51(42,7)8/h9-30H,1-8H3. The fraction of sp³-hybridized carbons (Fsp3) is 0.235. The van der Waals surface area contributed by atoms with Crippen molar-refractivity contribution in [2.24, 2.45) is 0 Å². The summed E-state index contributed by atoms with van der Waals surface area (Å²) < 4.78 is 9.44. The Balaban J connectivity index is 1.26. The number of benzene rings is 7. The Kier molecular flexibility index (Phi) is 6.96. The van der Waals surface area contributed by atoms with Gasteiger partial charge in [0.05, 0.1) is 22.3 Å². The van der Waals surface area contributed by atoms with Crippen LogP contribution in [0.1, 0.15) is 89.5 Å². The molecule has 2 aromatic heterocycles. The molecule has 9 aromatic rings. The third-order valence-corrected chi connectivity index (χ3v) is 13.0. The molecule has 1 aliphatic carbocycles. The number of furan rings is 1. The summed E-state index contributed by atoms with van der Waals surface area (Å²) in [6.07, 6.45) is 0. The maximum Gasteiger partial charge on any atom is 0.149 e. The van der Waals surface area contributed by atoms with E-state index in [1.807, 2.05) is 0 Å². The minimum absolute atomic E-state index is 0.00573. The van der Waals surface area contributed by atoms with Gasteiger partial charge in [-0.25, -0.2) is 4.98 Å². The van der Waals surface area contributed by atoms with Crippen LogP contribution < -0.4 is 0 Å². The summed E-state index contributed by atoms with van der Waals surface area (Å²) in [6.45, 7) is 18.8. The summed E-state index contributed by atoms with van der Waals surface area (Å²) in [5, 5.41) is 7.47. The molecule has 0 aliphatic heterocycles. The second kappa shape index (κ2) is 11.4. The van der Waals surface area contributed by atoms with Crippen molar-refractivity contribution in [1.82, 2.24) is 9.55 Å². The lowest BCUT2D eigenvalue weighted by Crippen LogP contribution is -2.35. The first kappa shape index (κ1) is 32.9. The van der Waals surface area contributed by atoms with Crippen molar-refractivity contribution >= 4 is 54.5 Å². The maximum absolute atomic E-state index is 7.02. The number of para-hydroxylation sites is 3. The van der Waals surface area contributed by atoms with Gasteiger partial charge in [-0.05, 0) is 126 Å². The molecule has 3 nitrogen and oxygen atoms in total. The highest BCUT2D eigenvalue weighted by Gasteiger charge is 2.47. The number of rotatable bonds is 5. The molecule has 2 heterocycles. The highest BCUT2D eigenvalue weighted by Crippen LogP contribution is 2.56. The van der Waals surface area contributed by atoms with Gasteiger partial charge >= 0.3 is 0 Å². The van der Waals surface area contributed by atoms with Crippen LogP contribution in [-0.2, 0) is 10.8 Å². The molecule has 0 saturated carbocycles. The van der Waals surface area contributed by atoms with Gasteiger partial charge in [0.2, 0.25) is 0 Å². The second-order valence-corrected chi connectivity index (χ2v) is 17.2.